The maximum Gasteiger partial charge on any atom is 0.275 e. The van der Waals surface area contributed by atoms with Crippen LogP contribution in [0.5, 0.6) is 0 Å². The Morgan fingerprint density at radius 1 is 1.26 bits per heavy atom. The predicted molar refractivity (Wildman–Crippen MR) is 89.7 cm³/mol. The van der Waals surface area contributed by atoms with Crippen LogP contribution >= 0.6 is 22.9 Å². The number of nitrogens with zero attached hydrogens (tertiary/aromatic N) is 5. The molecule has 4 heterocycles. The average molecular weight is 349 g/mol. The molecular formula is C15H19N5OS2. The first-order valence-corrected chi connectivity index (χ1v) is 9.47. The van der Waals surface area contributed by atoms with Gasteiger partial charge < -0.3 is 4.90 Å². The van der Waals surface area contributed by atoms with Crippen molar-refractivity contribution in [2.45, 2.75) is 20.4 Å². The molecule has 0 N–H and O–H groups in total. The molecule has 8 heteroatoms. The normalized spacial score (nSPS) is 24.3. The van der Waals surface area contributed by atoms with E-state index in [1.165, 1.54) is 17.2 Å². The summed E-state index contributed by atoms with van der Waals surface area (Å²) in [4.78, 5) is 22.4. The monoisotopic (exact) mass is 349 g/mol. The lowest BCUT2D eigenvalue weighted by Crippen LogP contribution is -2.33. The van der Waals surface area contributed by atoms with Gasteiger partial charge in [0.15, 0.2) is 5.69 Å². The van der Waals surface area contributed by atoms with Crippen LogP contribution in [-0.4, -0.2) is 56.5 Å². The van der Waals surface area contributed by atoms with Crippen LogP contribution in [0.3, 0.4) is 0 Å². The van der Waals surface area contributed by atoms with Crippen molar-refractivity contribution < 1.29 is 4.79 Å². The van der Waals surface area contributed by atoms with Gasteiger partial charge in [0.1, 0.15) is 0 Å². The number of rotatable bonds is 3. The number of carbonyl (C=O) groups is 1. The summed E-state index contributed by atoms with van der Waals surface area (Å²) in [5, 5.41) is 7.27. The van der Waals surface area contributed by atoms with E-state index in [0.717, 1.165) is 42.6 Å². The molecule has 2 fully saturated rings. The summed E-state index contributed by atoms with van der Waals surface area (Å²) >= 11 is 3.00. The van der Waals surface area contributed by atoms with Crippen LogP contribution in [0, 0.1) is 25.7 Å². The maximum atomic E-state index is 12.5. The molecule has 2 atom stereocenters. The van der Waals surface area contributed by atoms with Gasteiger partial charge in [0.25, 0.3) is 5.91 Å². The Morgan fingerprint density at radius 2 is 2.00 bits per heavy atom. The molecule has 0 aromatic carbocycles. The Balaban J connectivity index is 1.36. The van der Waals surface area contributed by atoms with E-state index in [1.807, 2.05) is 18.7 Å². The third kappa shape index (κ3) is 2.90. The van der Waals surface area contributed by atoms with Crippen molar-refractivity contribution in [2.75, 3.05) is 26.2 Å². The van der Waals surface area contributed by atoms with Crippen molar-refractivity contribution in [2.24, 2.45) is 11.8 Å². The van der Waals surface area contributed by atoms with Gasteiger partial charge in [0, 0.05) is 38.1 Å². The van der Waals surface area contributed by atoms with Crippen molar-refractivity contribution in [1.29, 1.82) is 0 Å². The molecule has 2 unspecified atom stereocenters. The van der Waals surface area contributed by atoms with E-state index < -0.39 is 0 Å². The Kier molecular flexibility index (Phi) is 3.90. The van der Waals surface area contributed by atoms with E-state index in [-0.39, 0.29) is 5.91 Å². The van der Waals surface area contributed by atoms with E-state index in [1.54, 1.807) is 11.3 Å². The van der Waals surface area contributed by atoms with Crippen LogP contribution in [0.4, 0.5) is 0 Å². The molecular weight excluding hydrogens is 330 g/mol. The second kappa shape index (κ2) is 5.92. The van der Waals surface area contributed by atoms with Crippen molar-refractivity contribution >= 4 is 28.8 Å². The van der Waals surface area contributed by atoms with Gasteiger partial charge in [-0.15, -0.1) is 16.4 Å². The summed E-state index contributed by atoms with van der Waals surface area (Å²) in [6.45, 7) is 8.68. The van der Waals surface area contributed by atoms with E-state index in [9.17, 15) is 4.79 Å². The minimum absolute atomic E-state index is 0.0485. The molecule has 1 amide bonds. The highest BCUT2D eigenvalue weighted by atomic mass is 32.1. The second-order valence-electron chi connectivity index (χ2n) is 6.46. The lowest BCUT2D eigenvalue weighted by atomic mass is 10.0. The first kappa shape index (κ1) is 15.2. The lowest BCUT2D eigenvalue weighted by Gasteiger charge is -2.20. The molecule has 0 radical (unpaired) electrons. The van der Waals surface area contributed by atoms with E-state index in [0.29, 0.717) is 17.5 Å². The standard InChI is InChI=1S/C15H19N5OS2/c1-9-14(17-18-23-9)15(21)20-5-11-3-19(4-12(11)6-20)7-13-8-22-10(2)16-13/h8,11-12H,3-7H2,1-2H3. The minimum atomic E-state index is 0.0485. The first-order valence-electron chi connectivity index (χ1n) is 7.81. The van der Waals surface area contributed by atoms with Crippen LogP contribution in [0.1, 0.15) is 26.1 Å². The molecule has 6 nitrogen and oxygen atoms in total. The smallest absolute Gasteiger partial charge is 0.275 e. The number of fused-ring (bicyclic) bond motifs is 1. The van der Waals surface area contributed by atoms with Gasteiger partial charge in [0.2, 0.25) is 0 Å². The van der Waals surface area contributed by atoms with Gasteiger partial charge in [-0.1, -0.05) is 4.49 Å². The number of aromatic nitrogens is 3. The number of amides is 1. The second-order valence-corrected chi connectivity index (χ2v) is 8.48. The summed E-state index contributed by atoms with van der Waals surface area (Å²) in [7, 11) is 0. The number of thiazole rings is 1. The Bertz CT molecular complexity index is 713. The van der Waals surface area contributed by atoms with E-state index >= 15 is 0 Å². The number of carbonyl (C=O) groups excluding carboxylic acids is 1. The Morgan fingerprint density at radius 3 is 2.57 bits per heavy atom. The third-order valence-electron chi connectivity index (χ3n) is 4.76. The fourth-order valence-corrected chi connectivity index (χ4v) is 4.74. The SMILES string of the molecule is Cc1nc(CN2CC3CN(C(=O)c4nnsc4C)CC3C2)cs1. The molecule has 0 aliphatic carbocycles. The highest BCUT2D eigenvalue weighted by Crippen LogP contribution is 2.33. The number of hydrogen-bond acceptors (Lipinski definition) is 7. The summed E-state index contributed by atoms with van der Waals surface area (Å²) in [6.07, 6.45) is 0. The molecule has 2 aromatic rings. The number of aryl methyl sites for hydroxylation is 2. The van der Waals surface area contributed by atoms with Crippen LogP contribution < -0.4 is 0 Å². The van der Waals surface area contributed by atoms with Gasteiger partial charge in [-0.3, -0.25) is 9.69 Å². The Hall–Kier alpha value is -1.38. The van der Waals surface area contributed by atoms with Crippen LogP contribution in [-0.2, 0) is 6.54 Å². The zero-order chi connectivity index (χ0) is 16.0. The fraction of sp³-hybridized carbons (Fsp3) is 0.600. The maximum absolute atomic E-state index is 12.5. The van der Waals surface area contributed by atoms with Gasteiger partial charge in [-0.25, -0.2) is 4.98 Å². The summed E-state index contributed by atoms with van der Waals surface area (Å²) < 4.78 is 3.88. The number of likely N-dealkylation sites (tertiary alicyclic amines) is 2. The van der Waals surface area contributed by atoms with Gasteiger partial charge in [-0.2, -0.15) is 0 Å². The highest BCUT2D eigenvalue weighted by molar-refractivity contribution is 7.09. The third-order valence-corrected chi connectivity index (χ3v) is 6.21. The molecule has 2 aliphatic rings. The van der Waals surface area contributed by atoms with Crippen molar-refractivity contribution in [3.63, 3.8) is 0 Å². The summed E-state index contributed by atoms with van der Waals surface area (Å²) in [5.74, 6) is 1.20. The highest BCUT2D eigenvalue weighted by Gasteiger charge is 2.42. The molecule has 4 rings (SSSR count). The molecule has 23 heavy (non-hydrogen) atoms. The van der Waals surface area contributed by atoms with Crippen molar-refractivity contribution in [3.05, 3.63) is 26.7 Å². The number of hydrogen-bond donors (Lipinski definition) is 0. The molecule has 0 saturated carbocycles. The predicted octanol–water partition coefficient (Wildman–Crippen LogP) is 1.82. The molecule has 2 aliphatic heterocycles. The molecule has 0 bridgehead atoms. The van der Waals surface area contributed by atoms with Crippen LogP contribution in [0.2, 0.25) is 0 Å². The summed E-state index contributed by atoms with van der Waals surface area (Å²) in [6, 6.07) is 0. The topological polar surface area (TPSA) is 62.2 Å². The van der Waals surface area contributed by atoms with Gasteiger partial charge in [0.05, 0.1) is 15.6 Å². The lowest BCUT2D eigenvalue weighted by molar-refractivity contribution is 0.0767. The van der Waals surface area contributed by atoms with Crippen LogP contribution in [0.15, 0.2) is 5.38 Å². The Labute approximate surface area is 143 Å². The first-order chi connectivity index (χ1) is 11.1. The quantitative estimate of drug-likeness (QED) is 0.846. The van der Waals surface area contributed by atoms with E-state index in [2.05, 4.69) is 24.9 Å². The van der Waals surface area contributed by atoms with Crippen molar-refractivity contribution in [1.82, 2.24) is 24.4 Å². The zero-order valence-electron chi connectivity index (χ0n) is 13.2. The zero-order valence-corrected chi connectivity index (χ0v) is 14.9. The minimum Gasteiger partial charge on any atom is -0.337 e. The molecule has 122 valence electrons. The molecule has 2 saturated heterocycles. The fourth-order valence-electron chi connectivity index (χ4n) is 3.67. The van der Waals surface area contributed by atoms with Gasteiger partial charge in [-0.05, 0) is 37.2 Å². The average Bonchev–Trinajstić information content (AvgIpc) is 3.23. The molecule has 0 spiro atoms. The van der Waals surface area contributed by atoms with E-state index in [4.69, 9.17) is 0 Å². The van der Waals surface area contributed by atoms with Gasteiger partial charge >= 0.3 is 0 Å². The largest absolute Gasteiger partial charge is 0.337 e. The van der Waals surface area contributed by atoms with Crippen molar-refractivity contribution in [3.8, 4) is 0 Å². The molecule has 2 aromatic heterocycles. The summed E-state index contributed by atoms with van der Waals surface area (Å²) in [5.41, 5.74) is 1.70. The van der Waals surface area contributed by atoms with Crippen LogP contribution in [0.25, 0.3) is 0 Å².